The molecule has 0 spiro atoms. The molecule has 1 aromatic rings. The number of ether oxygens (including phenoxy) is 1. The number of nitrogens with two attached hydrogens (primary N) is 2. The SMILES string of the molecule is COc1c(C)cc(N)c(Cl)c1CN. The van der Waals surface area contributed by atoms with Gasteiger partial charge in [-0.1, -0.05) is 11.6 Å². The Hall–Kier alpha value is -0.930. The first-order valence-electron chi connectivity index (χ1n) is 3.93. The van der Waals surface area contributed by atoms with Crippen LogP contribution in [-0.2, 0) is 6.54 Å². The number of hydrogen-bond donors (Lipinski definition) is 2. The van der Waals surface area contributed by atoms with Gasteiger partial charge in [-0.05, 0) is 18.6 Å². The van der Waals surface area contributed by atoms with E-state index < -0.39 is 0 Å². The summed E-state index contributed by atoms with van der Waals surface area (Å²) >= 11 is 5.96. The second kappa shape index (κ2) is 3.85. The molecule has 0 aliphatic carbocycles. The van der Waals surface area contributed by atoms with Crippen molar-refractivity contribution in [1.82, 2.24) is 0 Å². The van der Waals surface area contributed by atoms with Gasteiger partial charge in [0.2, 0.25) is 0 Å². The summed E-state index contributed by atoms with van der Waals surface area (Å²) in [5.74, 6) is 0.724. The summed E-state index contributed by atoms with van der Waals surface area (Å²) in [6.45, 7) is 2.23. The number of aryl methyl sites for hydroxylation is 1. The first-order chi connectivity index (χ1) is 6.11. The van der Waals surface area contributed by atoms with Crippen LogP contribution in [0.2, 0.25) is 5.02 Å². The molecule has 1 rings (SSSR count). The van der Waals surface area contributed by atoms with Gasteiger partial charge in [0.1, 0.15) is 5.75 Å². The average molecular weight is 201 g/mol. The lowest BCUT2D eigenvalue weighted by Crippen LogP contribution is -2.04. The van der Waals surface area contributed by atoms with Crippen molar-refractivity contribution in [2.24, 2.45) is 5.73 Å². The zero-order chi connectivity index (χ0) is 10.0. The smallest absolute Gasteiger partial charge is 0.127 e. The van der Waals surface area contributed by atoms with Crippen molar-refractivity contribution in [1.29, 1.82) is 0 Å². The molecule has 13 heavy (non-hydrogen) atoms. The molecule has 0 saturated carbocycles. The van der Waals surface area contributed by atoms with E-state index in [4.69, 9.17) is 27.8 Å². The van der Waals surface area contributed by atoms with Crippen molar-refractivity contribution in [2.75, 3.05) is 12.8 Å². The van der Waals surface area contributed by atoms with Gasteiger partial charge in [0.25, 0.3) is 0 Å². The highest BCUT2D eigenvalue weighted by molar-refractivity contribution is 6.34. The predicted octanol–water partition coefficient (Wildman–Crippen LogP) is 1.70. The van der Waals surface area contributed by atoms with Crippen LogP contribution in [0.1, 0.15) is 11.1 Å². The quantitative estimate of drug-likeness (QED) is 0.715. The summed E-state index contributed by atoms with van der Waals surface area (Å²) in [5, 5.41) is 0.491. The van der Waals surface area contributed by atoms with Crippen molar-refractivity contribution in [3.8, 4) is 5.75 Å². The van der Waals surface area contributed by atoms with Crippen LogP contribution in [0, 0.1) is 6.92 Å². The number of methoxy groups -OCH3 is 1. The minimum absolute atomic E-state index is 0.327. The molecule has 0 heterocycles. The summed E-state index contributed by atoms with van der Waals surface area (Å²) in [6.07, 6.45) is 0. The fraction of sp³-hybridized carbons (Fsp3) is 0.333. The first-order valence-corrected chi connectivity index (χ1v) is 4.31. The summed E-state index contributed by atoms with van der Waals surface area (Å²) in [5.41, 5.74) is 13.5. The molecule has 0 saturated heterocycles. The molecular formula is C9H13ClN2O. The van der Waals surface area contributed by atoms with E-state index in [0.717, 1.165) is 16.9 Å². The van der Waals surface area contributed by atoms with E-state index in [1.165, 1.54) is 0 Å². The number of hydrogen-bond acceptors (Lipinski definition) is 3. The van der Waals surface area contributed by atoms with Gasteiger partial charge in [-0.3, -0.25) is 0 Å². The van der Waals surface area contributed by atoms with E-state index in [-0.39, 0.29) is 0 Å². The van der Waals surface area contributed by atoms with E-state index >= 15 is 0 Å². The Morgan fingerprint density at radius 2 is 2.15 bits per heavy atom. The van der Waals surface area contributed by atoms with Crippen LogP contribution >= 0.6 is 11.6 Å². The second-order valence-corrected chi connectivity index (χ2v) is 3.19. The lowest BCUT2D eigenvalue weighted by molar-refractivity contribution is 0.407. The molecule has 0 fully saturated rings. The molecule has 0 aromatic heterocycles. The van der Waals surface area contributed by atoms with Gasteiger partial charge in [0.05, 0.1) is 17.8 Å². The average Bonchev–Trinajstić information content (AvgIpc) is 2.10. The summed E-state index contributed by atoms with van der Waals surface area (Å²) in [7, 11) is 1.59. The highest BCUT2D eigenvalue weighted by Crippen LogP contribution is 2.34. The van der Waals surface area contributed by atoms with E-state index in [2.05, 4.69) is 0 Å². The Morgan fingerprint density at radius 1 is 1.54 bits per heavy atom. The molecule has 0 aliphatic rings. The number of anilines is 1. The maximum absolute atomic E-state index is 5.96. The number of nitrogen functional groups attached to an aromatic ring is 1. The lowest BCUT2D eigenvalue weighted by atomic mass is 10.1. The van der Waals surface area contributed by atoms with Crippen LogP contribution in [0.3, 0.4) is 0 Å². The molecule has 1 aromatic carbocycles. The molecule has 72 valence electrons. The van der Waals surface area contributed by atoms with Crippen molar-refractivity contribution in [3.05, 3.63) is 22.2 Å². The molecule has 4 N–H and O–H groups in total. The van der Waals surface area contributed by atoms with Gasteiger partial charge in [-0.15, -0.1) is 0 Å². The Labute approximate surface area is 82.6 Å². The standard InChI is InChI=1S/C9H13ClN2O/c1-5-3-7(12)8(10)6(4-11)9(5)13-2/h3H,4,11-12H2,1-2H3. The van der Waals surface area contributed by atoms with Crippen molar-refractivity contribution < 1.29 is 4.74 Å². The van der Waals surface area contributed by atoms with Crippen molar-refractivity contribution in [2.45, 2.75) is 13.5 Å². The third-order valence-corrected chi connectivity index (χ3v) is 2.38. The molecule has 3 nitrogen and oxygen atoms in total. The predicted molar refractivity (Wildman–Crippen MR) is 55.0 cm³/mol. The fourth-order valence-corrected chi connectivity index (χ4v) is 1.56. The fourth-order valence-electron chi connectivity index (χ4n) is 1.34. The third-order valence-electron chi connectivity index (χ3n) is 1.93. The topological polar surface area (TPSA) is 61.3 Å². The Morgan fingerprint density at radius 3 is 2.62 bits per heavy atom. The Balaban J connectivity index is 3.41. The number of rotatable bonds is 2. The van der Waals surface area contributed by atoms with Crippen LogP contribution in [0.5, 0.6) is 5.75 Å². The van der Waals surface area contributed by atoms with E-state index in [0.29, 0.717) is 17.3 Å². The number of halogens is 1. The largest absolute Gasteiger partial charge is 0.496 e. The first kappa shape index (κ1) is 10.2. The second-order valence-electron chi connectivity index (χ2n) is 2.81. The number of benzene rings is 1. The minimum Gasteiger partial charge on any atom is -0.496 e. The zero-order valence-electron chi connectivity index (χ0n) is 7.73. The third kappa shape index (κ3) is 1.71. The highest BCUT2D eigenvalue weighted by Gasteiger charge is 2.12. The molecular weight excluding hydrogens is 188 g/mol. The molecule has 0 bridgehead atoms. The lowest BCUT2D eigenvalue weighted by Gasteiger charge is -2.13. The molecule has 0 atom stereocenters. The van der Waals surface area contributed by atoms with Gasteiger partial charge in [0.15, 0.2) is 0 Å². The van der Waals surface area contributed by atoms with Gasteiger partial charge in [-0.2, -0.15) is 0 Å². The Kier molecular flexibility index (Phi) is 3.01. The monoisotopic (exact) mass is 200 g/mol. The van der Waals surface area contributed by atoms with Gasteiger partial charge in [0, 0.05) is 12.1 Å². The molecule has 4 heteroatoms. The van der Waals surface area contributed by atoms with Crippen LogP contribution in [0.15, 0.2) is 6.07 Å². The summed E-state index contributed by atoms with van der Waals surface area (Å²) in [6, 6.07) is 1.78. The van der Waals surface area contributed by atoms with E-state index in [1.807, 2.05) is 6.92 Å². The van der Waals surface area contributed by atoms with Crippen molar-refractivity contribution in [3.63, 3.8) is 0 Å². The van der Waals surface area contributed by atoms with Crippen LogP contribution in [-0.4, -0.2) is 7.11 Å². The molecule has 0 amide bonds. The van der Waals surface area contributed by atoms with Crippen LogP contribution < -0.4 is 16.2 Å². The van der Waals surface area contributed by atoms with E-state index in [1.54, 1.807) is 13.2 Å². The maximum Gasteiger partial charge on any atom is 0.127 e. The van der Waals surface area contributed by atoms with Gasteiger partial charge >= 0.3 is 0 Å². The van der Waals surface area contributed by atoms with Crippen LogP contribution in [0.4, 0.5) is 5.69 Å². The maximum atomic E-state index is 5.96. The van der Waals surface area contributed by atoms with E-state index in [9.17, 15) is 0 Å². The van der Waals surface area contributed by atoms with Gasteiger partial charge in [-0.25, -0.2) is 0 Å². The summed E-state index contributed by atoms with van der Waals surface area (Å²) < 4.78 is 5.18. The van der Waals surface area contributed by atoms with Crippen LogP contribution in [0.25, 0.3) is 0 Å². The summed E-state index contributed by atoms with van der Waals surface area (Å²) in [4.78, 5) is 0. The Bertz CT molecular complexity index is 326. The van der Waals surface area contributed by atoms with Gasteiger partial charge < -0.3 is 16.2 Å². The molecule has 0 radical (unpaired) electrons. The van der Waals surface area contributed by atoms with Crippen molar-refractivity contribution >= 4 is 17.3 Å². The minimum atomic E-state index is 0.327. The molecule has 0 unspecified atom stereocenters. The molecule has 0 aliphatic heterocycles. The highest BCUT2D eigenvalue weighted by atomic mass is 35.5. The normalized spacial score (nSPS) is 10.2. The zero-order valence-corrected chi connectivity index (χ0v) is 8.48.